The first-order valence-corrected chi connectivity index (χ1v) is 9.68. The Morgan fingerprint density at radius 2 is 1.89 bits per heavy atom. The van der Waals surface area contributed by atoms with Crippen molar-refractivity contribution in [3.05, 3.63) is 52.9 Å². The Kier molecular flexibility index (Phi) is 8.13. The molecule has 148 valence electrons. The summed E-state index contributed by atoms with van der Waals surface area (Å²) in [5.74, 6) is 1.79. The third-order valence-corrected chi connectivity index (χ3v) is 5.55. The highest BCUT2D eigenvalue weighted by atomic mass is 127. The predicted octanol–water partition coefficient (Wildman–Crippen LogP) is 4.20. The third-order valence-electron chi connectivity index (χ3n) is 5.55. The molecule has 1 aromatic carbocycles. The molecule has 2 aromatic rings. The van der Waals surface area contributed by atoms with Crippen molar-refractivity contribution < 1.29 is 4.52 Å². The van der Waals surface area contributed by atoms with E-state index in [0.29, 0.717) is 6.54 Å². The van der Waals surface area contributed by atoms with E-state index in [1.54, 1.807) is 0 Å². The number of nitrogens with one attached hydrogen (secondary N) is 2. The largest absolute Gasteiger partial charge is 0.361 e. The monoisotopic (exact) mass is 482 g/mol. The van der Waals surface area contributed by atoms with Crippen LogP contribution in [0, 0.1) is 0 Å². The lowest BCUT2D eigenvalue weighted by molar-refractivity contribution is 0.244. The van der Waals surface area contributed by atoms with Crippen LogP contribution in [0.25, 0.3) is 0 Å². The number of hydrogen-bond acceptors (Lipinski definition) is 3. The smallest absolute Gasteiger partial charge is 0.191 e. The topological polar surface area (TPSA) is 62.5 Å². The SMILES string of the molecule is CCc1noc(CC)c1CNC(=NC)NCC1(c2ccccc2)CCC1.I. The predicted molar refractivity (Wildman–Crippen MR) is 121 cm³/mol. The second kappa shape index (κ2) is 10.1. The number of aryl methyl sites for hydroxylation is 2. The third kappa shape index (κ3) is 4.83. The second-order valence-corrected chi connectivity index (χ2v) is 7.02. The van der Waals surface area contributed by atoms with Crippen molar-refractivity contribution in [2.75, 3.05) is 13.6 Å². The van der Waals surface area contributed by atoms with E-state index in [0.717, 1.165) is 36.8 Å². The Hall–Kier alpha value is -1.57. The van der Waals surface area contributed by atoms with Crippen LogP contribution in [0.1, 0.15) is 55.7 Å². The van der Waals surface area contributed by atoms with Gasteiger partial charge in [-0.15, -0.1) is 24.0 Å². The lowest BCUT2D eigenvalue weighted by atomic mass is 9.64. The molecule has 0 saturated heterocycles. The van der Waals surface area contributed by atoms with E-state index >= 15 is 0 Å². The fraction of sp³-hybridized carbons (Fsp3) is 0.524. The molecule has 0 aliphatic heterocycles. The van der Waals surface area contributed by atoms with Crippen LogP contribution in [0.5, 0.6) is 0 Å². The highest BCUT2D eigenvalue weighted by Crippen LogP contribution is 2.43. The van der Waals surface area contributed by atoms with Crippen molar-refractivity contribution >= 4 is 29.9 Å². The van der Waals surface area contributed by atoms with E-state index in [2.05, 4.69) is 65.0 Å². The van der Waals surface area contributed by atoms with Gasteiger partial charge in [0.15, 0.2) is 5.96 Å². The molecule has 1 aromatic heterocycles. The highest BCUT2D eigenvalue weighted by Gasteiger charge is 2.38. The molecule has 1 aliphatic rings. The number of aromatic nitrogens is 1. The molecular weight excluding hydrogens is 451 g/mol. The van der Waals surface area contributed by atoms with Crippen LogP contribution in [0.15, 0.2) is 39.8 Å². The maximum atomic E-state index is 5.45. The summed E-state index contributed by atoms with van der Waals surface area (Å²) in [6, 6.07) is 10.8. The van der Waals surface area contributed by atoms with Crippen molar-refractivity contribution in [2.45, 2.75) is 57.9 Å². The van der Waals surface area contributed by atoms with E-state index in [1.807, 2.05) is 7.05 Å². The Labute approximate surface area is 179 Å². The van der Waals surface area contributed by atoms with Gasteiger partial charge in [-0.3, -0.25) is 4.99 Å². The minimum Gasteiger partial charge on any atom is -0.361 e. The molecule has 1 aliphatic carbocycles. The van der Waals surface area contributed by atoms with Gasteiger partial charge in [0.25, 0.3) is 0 Å². The lowest BCUT2D eigenvalue weighted by Gasteiger charge is -2.43. The van der Waals surface area contributed by atoms with Crippen LogP contribution < -0.4 is 10.6 Å². The first-order chi connectivity index (χ1) is 12.7. The zero-order chi connectivity index (χ0) is 18.4. The van der Waals surface area contributed by atoms with Crippen molar-refractivity contribution in [1.29, 1.82) is 0 Å². The summed E-state index contributed by atoms with van der Waals surface area (Å²) in [7, 11) is 1.82. The van der Waals surface area contributed by atoms with Crippen LogP contribution >= 0.6 is 24.0 Å². The summed E-state index contributed by atoms with van der Waals surface area (Å²) in [5.41, 5.74) is 3.86. The minimum absolute atomic E-state index is 0. The number of hydrogen-bond donors (Lipinski definition) is 2. The first kappa shape index (κ1) is 21.7. The van der Waals surface area contributed by atoms with Crippen LogP contribution in [-0.2, 0) is 24.8 Å². The van der Waals surface area contributed by atoms with Crippen molar-refractivity contribution in [1.82, 2.24) is 15.8 Å². The summed E-state index contributed by atoms with van der Waals surface area (Å²) >= 11 is 0. The van der Waals surface area contributed by atoms with E-state index in [1.165, 1.54) is 30.4 Å². The fourth-order valence-electron chi connectivity index (χ4n) is 3.75. The number of halogens is 1. The van der Waals surface area contributed by atoms with E-state index in [-0.39, 0.29) is 29.4 Å². The Morgan fingerprint density at radius 1 is 1.15 bits per heavy atom. The summed E-state index contributed by atoms with van der Waals surface area (Å²) in [6.07, 6.45) is 5.49. The molecule has 6 heteroatoms. The number of rotatable bonds is 7. The molecule has 0 atom stereocenters. The maximum Gasteiger partial charge on any atom is 0.191 e. The average Bonchev–Trinajstić information content (AvgIpc) is 3.06. The molecule has 0 unspecified atom stereocenters. The van der Waals surface area contributed by atoms with Gasteiger partial charge in [-0.2, -0.15) is 0 Å². The second-order valence-electron chi connectivity index (χ2n) is 7.02. The van der Waals surface area contributed by atoms with Gasteiger partial charge in [0.1, 0.15) is 5.76 Å². The summed E-state index contributed by atoms with van der Waals surface area (Å²) < 4.78 is 5.45. The van der Waals surface area contributed by atoms with Gasteiger partial charge in [-0.1, -0.05) is 55.8 Å². The number of aliphatic imine (C=N–C) groups is 1. The van der Waals surface area contributed by atoms with Crippen LogP contribution in [0.3, 0.4) is 0 Å². The van der Waals surface area contributed by atoms with E-state index in [4.69, 9.17) is 4.52 Å². The molecule has 2 N–H and O–H groups in total. The van der Waals surface area contributed by atoms with Gasteiger partial charge in [-0.05, 0) is 24.8 Å². The standard InChI is InChI=1S/C21H30N4O.HI/c1-4-18-17(19(5-2)26-25-18)14-23-20(22-3)24-15-21(12-9-13-21)16-10-7-6-8-11-16;/h6-8,10-11H,4-5,9,12-15H2,1-3H3,(H2,22,23,24);1H. The normalized spacial score (nSPS) is 15.6. The number of guanidine groups is 1. The van der Waals surface area contributed by atoms with Crippen LogP contribution in [-0.4, -0.2) is 24.7 Å². The average molecular weight is 482 g/mol. The van der Waals surface area contributed by atoms with Crippen molar-refractivity contribution in [3.8, 4) is 0 Å². The van der Waals surface area contributed by atoms with Gasteiger partial charge in [0.2, 0.25) is 0 Å². The van der Waals surface area contributed by atoms with Crippen LogP contribution in [0.2, 0.25) is 0 Å². The van der Waals surface area contributed by atoms with Gasteiger partial charge < -0.3 is 15.2 Å². The minimum atomic E-state index is 0. The molecule has 0 spiro atoms. The Morgan fingerprint density at radius 3 is 2.44 bits per heavy atom. The summed E-state index contributed by atoms with van der Waals surface area (Å²) in [6.45, 7) is 5.79. The van der Waals surface area contributed by atoms with E-state index < -0.39 is 0 Å². The van der Waals surface area contributed by atoms with Gasteiger partial charge in [0, 0.05) is 37.5 Å². The van der Waals surface area contributed by atoms with Gasteiger partial charge in [0.05, 0.1) is 5.69 Å². The zero-order valence-corrected chi connectivity index (χ0v) is 18.9. The molecule has 0 bridgehead atoms. The molecule has 3 rings (SSSR count). The number of nitrogens with zero attached hydrogens (tertiary/aromatic N) is 2. The fourth-order valence-corrected chi connectivity index (χ4v) is 3.75. The number of benzene rings is 1. The molecule has 5 nitrogen and oxygen atoms in total. The van der Waals surface area contributed by atoms with Gasteiger partial charge >= 0.3 is 0 Å². The van der Waals surface area contributed by atoms with Gasteiger partial charge in [-0.25, -0.2) is 0 Å². The first-order valence-electron chi connectivity index (χ1n) is 9.68. The zero-order valence-electron chi connectivity index (χ0n) is 16.5. The Bertz CT molecular complexity index is 716. The molecule has 27 heavy (non-hydrogen) atoms. The molecular formula is C21H31IN4O. The highest BCUT2D eigenvalue weighted by molar-refractivity contribution is 14.0. The molecule has 0 amide bonds. The Balaban J connectivity index is 0.00000261. The van der Waals surface area contributed by atoms with E-state index in [9.17, 15) is 0 Å². The molecule has 1 fully saturated rings. The molecule has 1 saturated carbocycles. The summed E-state index contributed by atoms with van der Waals surface area (Å²) in [4.78, 5) is 4.40. The van der Waals surface area contributed by atoms with Crippen LogP contribution in [0.4, 0.5) is 0 Å². The lowest BCUT2D eigenvalue weighted by Crippen LogP contribution is -2.48. The van der Waals surface area contributed by atoms with Crippen molar-refractivity contribution in [2.24, 2.45) is 4.99 Å². The maximum absolute atomic E-state index is 5.45. The molecule has 0 radical (unpaired) electrons. The summed E-state index contributed by atoms with van der Waals surface area (Å²) in [5, 5.41) is 11.1. The molecule has 1 heterocycles. The quantitative estimate of drug-likeness (QED) is 0.353. The van der Waals surface area contributed by atoms with Crippen molar-refractivity contribution in [3.63, 3.8) is 0 Å².